The van der Waals surface area contributed by atoms with Gasteiger partial charge in [0.1, 0.15) is 5.78 Å². The number of amides is 2. The van der Waals surface area contributed by atoms with Gasteiger partial charge >= 0.3 is 5.69 Å². The van der Waals surface area contributed by atoms with Crippen molar-refractivity contribution in [3.63, 3.8) is 0 Å². The van der Waals surface area contributed by atoms with Crippen LogP contribution in [-0.4, -0.2) is 61.3 Å². The second-order valence-electron chi connectivity index (χ2n) is 18.9. The van der Waals surface area contributed by atoms with Gasteiger partial charge in [-0.3, -0.25) is 33.2 Å². The van der Waals surface area contributed by atoms with Crippen molar-refractivity contribution in [3.05, 3.63) is 135 Å². The number of ketones is 2. The zero-order valence-corrected chi connectivity index (χ0v) is 37.9. The number of fused-ring (bicyclic) bond motifs is 2. The van der Waals surface area contributed by atoms with Crippen molar-refractivity contribution < 1.29 is 28.0 Å². The molecule has 4 heterocycles. The largest absolute Gasteiger partial charge is 0.380 e. The topological polar surface area (TPSA) is 113 Å². The van der Waals surface area contributed by atoms with Crippen LogP contribution in [0.5, 0.6) is 0 Å². The number of aromatic nitrogens is 2. The van der Waals surface area contributed by atoms with Gasteiger partial charge < -0.3 is 10.1 Å². The number of rotatable bonds is 20. The van der Waals surface area contributed by atoms with Crippen LogP contribution in [0.4, 0.5) is 14.5 Å². The summed E-state index contributed by atoms with van der Waals surface area (Å²) in [6, 6.07) is 22.0. The van der Waals surface area contributed by atoms with E-state index in [0.717, 1.165) is 81.0 Å². The second kappa shape index (κ2) is 19.8. The van der Waals surface area contributed by atoms with Crippen LogP contribution in [0, 0.1) is 11.8 Å². The van der Waals surface area contributed by atoms with Crippen molar-refractivity contribution in [1.29, 1.82) is 0 Å². The molecule has 10 nitrogen and oxygen atoms in total. The van der Waals surface area contributed by atoms with Gasteiger partial charge in [0.05, 0.1) is 28.4 Å². The molecular formula is C53H61F2N5O5. The van der Waals surface area contributed by atoms with E-state index in [9.17, 15) is 24.0 Å². The van der Waals surface area contributed by atoms with Gasteiger partial charge in [-0.15, -0.1) is 0 Å². The molecule has 1 saturated heterocycles. The van der Waals surface area contributed by atoms with Crippen molar-refractivity contribution in [3.8, 4) is 5.69 Å². The smallest absolute Gasteiger partial charge is 0.337 e. The van der Waals surface area contributed by atoms with Crippen LogP contribution in [0.3, 0.4) is 0 Å². The minimum Gasteiger partial charge on any atom is -0.380 e. The normalized spacial score (nSPS) is 16.5. The number of aryl methyl sites for hydroxylation is 1. The maximum absolute atomic E-state index is 15.1. The van der Waals surface area contributed by atoms with Crippen molar-refractivity contribution >= 4 is 34.6 Å². The molecule has 65 heavy (non-hydrogen) atoms. The standard InChI is InChI=1S/C53H61F2N5O5/c1-35(61)18-23-47(36(2)62)60-50(63)44-16-9-17-46(49(44)51(60)64)56-31-40-21-19-37(20-22-40)10-5-4-6-11-38-24-26-57(27-25-38)32-42-30-45(53(3,54)55)48-34-58(52(65)59(48)33-42)43-15-8-14-41(29-43)28-39-12-7-13-39/h8-9,14-17,19-22,29-30,33-34,38-39,47,56H,4-7,10-13,18,23-28,31-32H2,1-3H3. The first-order valence-electron chi connectivity index (χ1n) is 23.5. The van der Waals surface area contributed by atoms with Gasteiger partial charge in [-0.05, 0) is 130 Å². The Bertz CT molecular complexity index is 2620. The number of imidazole rings is 1. The molecule has 2 amide bonds. The molecule has 1 saturated carbocycles. The van der Waals surface area contributed by atoms with E-state index in [-0.39, 0.29) is 52.3 Å². The summed E-state index contributed by atoms with van der Waals surface area (Å²) in [6.45, 7) is 6.44. The van der Waals surface area contributed by atoms with Gasteiger partial charge in [-0.2, -0.15) is 0 Å². The number of nitrogens with one attached hydrogen (secondary N) is 1. The summed E-state index contributed by atoms with van der Waals surface area (Å²) in [4.78, 5) is 67.9. The molecule has 1 N–H and O–H groups in total. The fraction of sp³-hybridized carbons (Fsp3) is 0.453. The number of likely N-dealkylation sites (tertiary alicyclic amines) is 1. The Balaban J connectivity index is 0.782. The van der Waals surface area contributed by atoms with Crippen molar-refractivity contribution in [2.24, 2.45) is 11.8 Å². The number of carbonyl (C=O) groups excluding carboxylic acids is 4. The Morgan fingerprint density at radius 3 is 2.23 bits per heavy atom. The number of imide groups is 1. The number of Topliss-reactive ketones (excluding diaryl/α,β-unsaturated/α-hetero) is 2. The Labute approximate surface area is 380 Å². The molecule has 1 atom stereocenters. The third-order valence-corrected chi connectivity index (χ3v) is 13.9. The Morgan fingerprint density at radius 1 is 0.800 bits per heavy atom. The second-order valence-corrected chi connectivity index (χ2v) is 18.9. The molecule has 2 aromatic heterocycles. The van der Waals surface area contributed by atoms with Gasteiger partial charge in [0.2, 0.25) is 0 Å². The molecule has 5 aromatic rings. The monoisotopic (exact) mass is 885 g/mol. The van der Waals surface area contributed by atoms with Crippen LogP contribution in [0.25, 0.3) is 11.2 Å². The van der Waals surface area contributed by atoms with E-state index >= 15 is 8.78 Å². The highest BCUT2D eigenvalue weighted by Gasteiger charge is 2.43. The molecule has 2 aliphatic heterocycles. The fourth-order valence-corrected chi connectivity index (χ4v) is 9.97. The van der Waals surface area contributed by atoms with Gasteiger partial charge in [0.25, 0.3) is 17.7 Å². The maximum Gasteiger partial charge on any atom is 0.337 e. The number of pyridine rings is 1. The van der Waals surface area contributed by atoms with E-state index in [1.54, 1.807) is 36.7 Å². The Hall–Kier alpha value is -5.75. The predicted octanol–water partition coefficient (Wildman–Crippen LogP) is 10.1. The molecule has 2 fully saturated rings. The number of halogens is 2. The van der Waals surface area contributed by atoms with Crippen LogP contribution in [-0.2, 0) is 41.4 Å². The van der Waals surface area contributed by atoms with Crippen molar-refractivity contribution in [2.75, 3.05) is 18.4 Å². The molecule has 8 rings (SSSR count). The van der Waals surface area contributed by atoms with Crippen molar-refractivity contribution in [1.82, 2.24) is 18.8 Å². The average molecular weight is 886 g/mol. The van der Waals surface area contributed by atoms with E-state index in [1.165, 1.54) is 59.6 Å². The molecule has 0 bridgehead atoms. The molecule has 3 aliphatic rings. The van der Waals surface area contributed by atoms with Crippen LogP contribution in [0.2, 0.25) is 0 Å². The number of carbonyl (C=O) groups is 4. The number of hydrogen-bond acceptors (Lipinski definition) is 7. The average Bonchev–Trinajstić information content (AvgIpc) is 3.73. The zero-order chi connectivity index (χ0) is 45.8. The molecule has 12 heteroatoms. The van der Waals surface area contributed by atoms with Crippen LogP contribution >= 0.6 is 0 Å². The molecule has 342 valence electrons. The molecule has 0 radical (unpaired) electrons. The zero-order valence-electron chi connectivity index (χ0n) is 37.9. The van der Waals surface area contributed by atoms with E-state index in [2.05, 4.69) is 40.5 Å². The fourth-order valence-electron chi connectivity index (χ4n) is 9.97. The summed E-state index contributed by atoms with van der Waals surface area (Å²) in [5.74, 6) is -3.26. The van der Waals surface area contributed by atoms with Crippen LogP contribution < -0.4 is 11.0 Å². The molecule has 1 aliphatic carbocycles. The predicted molar refractivity (Wildman–Crippen MR) is 249 cm³/mol. The summed E-state index contributed by atoms with van der Waals surface area (Å²) in [5.41, 5.74) is 5.71. The number of piperidine rings is 1. The Morgan fingerprint density at radius 2 is 1.54 bits per heavy atom. The highest BCUT2D eigenvalue weighted by Crippen LogP contribution is 2.35. The molecular weight excluding hydrogens is 825 g/mol. The number of nitrogens with zero attached hydrogens (tertiary/aromatic N) is 4. The minimum atomic E-state index is -3.11. The summed E-state index contributed by atoms with van der Waals surface area (Å²) in [5, 5.41) is 3.32. The summed E-state index contributed by atoms with van der Waals surface area (Å²) < 4.78 is 33.1. The van der Waals surface area contributed by atoms with E-state index in [0.29, 0.717) is 36.3 Å². The number of anilines is 1. The molecule has 3 aromatic carbocycles. The number of alkyl halides is 2. The van der Waals surface area contributed by atoms with Gasteiger partial charge in [-0.1, -0.05) is 81.0 Å². The highest BCUT2D eigenvalue weighted by molar-refractivity contribution is 6.25. The summed E-state index contributed by atoms with van der Waals surface area (Å²) >= 11 is 0. The maximum atomic E-state index is 15.1. The lowest BCUT2D eigenvalue weighted by Crippen LogP contribution is -2.44. The number of unbranched alkanes of at least 4 members (excludes halogenated alkanes) is 2. The van der Waals surface area contributed by atoms with Crippen LogP contribution in [0.1, 0.15) is 140 Å². The first-order chi connectivity index (χ1) is 31.2. The van der Waals surface area contributed by atoms with Crippen molar-refractivity contribution in [2.45, 2.75) is 129 Å². The highest BCUT2D eigenvalue weighted by atomic mass is 19.3. The third-order valence-electron chi connectivity index (χ3n) is 13.9. The molecule has 1 unspecified atom stereocenters. The molecule has 0 spiro atoms. The lowest BCUT2D eigenvalue weighted by Gasteiger charge is -2.32. The first kappa shape index (κ1) is 45.8. The summed E-state index contributed by atoms with van der Waals surface area (Å²) in [6.07, 6.45) is 15.9. The minimum absolute atomic E-state index is 0.106. The third kappa shape index (κ3) is 10.5. The van der Waals surface area contributed by atoms with E-state index in [1.807, 2.05) is 18.2 Å². The number of hydrogen-bond donors (Lipinski definition) is 1. The van der Waals surface area contributed by atoms with Gasteiger partial charge in [0.15, 0.2) is 5.78 Å². The summed E-state index contributed by atoms with van der Waals surface area (Å²) in [7, 11) is 0. The lowest BCUT2D eigenvalue weighted by molar-refractivity contribution is -0.121. The van der Waals surface area contributed by atoms with E-state index < -0.39 is 23.8 Å². The van der Waals surface area contributed by atoms with Gasteiger partial charge in [0, 0.05) is 50.1 Å². The Kier molecular flexibility index (Phi) is 13.9. The SMILES string of the molecule is CC(=O)CCC(C(C)=O)N1C(=O)c2cccc(NCc3ccc(CCCCCC4CCN(Cc5cc(C(C)(F)F)c6cn(-c7cccc(CC8CCC8)c7)c(=O)n6c5)CC4)cc3)c2C1=O. The number of benzene rings is 3. The quantitative estimate of drug-likeness (QED) is 0.0612. The van der Waals surface area contributed by atoms with Gasteiger partial charge in [-0.25, -0.2) is 13.6 Å². The van der Waals surface area contributed by atoms with Crippen LogP contribution in [0.15, 0.2) is 90.0 Å². The first-order valence-corrected chi connectivity index (χ1v) is 23.5. The lowest BCUT2D eigenvalue weighted by atomic mass is 9.81. The van der Waals surface area contributed by atoms with E-state index in [4.69, 9.17) is 0 Å².